The number of hydrogen-bond donors (Lipinski definition) is 1. The third-order valence-electron chi connectivity index (χ3n) is 6.32. The van der Waals surface area contributed by atoms with Crippen LogP contribution in [-0.4, -0.2) is 34.7 Å². The summed E-state index contributed by atoms with van der Waals surface area (Å²) in [5.41, 5.74) is 6.03. The third-order valence-corrected chi connectivity index (χ3v) is 6.32. The van der Waals surface area contributed by atoms with Crippen LogP contribution in [0.1, 0.15) is 63.0 Å². The van der Waals surface area contributed by atoms with Crippen molar-refractivity contribution in [2.24, 2.45) is 0 Å². The van der Waals surface area contributed by atoms with E-state index in [9.17, 15) is 4.79 Å². The van der Waals surface area contributed by atoms with Gasteiger partial charge in [-0.3, -0.25) is 14.1 Å². The van der Waals surface area contributed by atoms with Crippen LogP contribution in [0.4, 0.5) is 0 Å². The van der Waals surface area contributed by atoms with Crippen molar-refractivity contribution in [2.75, 3.05) is 0 Å². The lowest BCUT2D eigenvalue weighted by Gasteiger charge is -2.11. The summed E-state index contributed by atoms with van der Waals surface area (Å²) in [4.78, 5) is 17.9. The van der Waals surface area contributed by atoms with E-state index >= 15 is 0 Å². The molecule has 1 aromatic carbocycles. The van der Waals surface area contributed by atoms with Crippen molar-refractivity contribution in [3.05, 3.63) is 70.0 Å². The largest absolute Gasteiger partial charge is 0.329 e. The Morgan fingerprint density at radius 1 is 1.12 bits per heavy atom. The first-order chi connectivity index (χ1) is 16.0. The van der Waals surface area contributed by atoms with Gasteiger partial charge in [0.15, 0.2) is 5.82 Å². The van der Waals surface area contributed by atoms with Gasteiger partial charge in [-0.15, -0.1) is 5.10 Å². The minimum Gasteiger partial charge on any atom is -0.294 e. The molecular formula is C25H31N7O. The van der Waals surface area contributed by atoms with Crippen LogP contribution in [0.15, 0.2) is 47.4 Å². The molecule has 8 heteroatoms. The average molecular weight is 446 g/mol. The minimum atomic E-state index is 0.0851. The summed E-state index contributed by atoms with van der Waals surface area (Å²) in [5.74, 6) is 0.580. The molecule has 33 heavy (non-hydrogen) atoms. The van der Waals surface area contributed by atoms with Gasteiger partial charge < -0.3 is 0 Å². The van der Waals surface area contributed by atoms with Gasteiger partial charge in [0.2, 0.25) is 0 Å². The lowest BCUT2D eigenvalue weighted by atomic mass is 10.0. The number of tetrazole rings is 1. The van der Waals surface area contributed by atoms with Gasteiger partial charge in [0.25, 0.3) is 0 Å². The number of unbranched alkanes of at least 4 members (excludes halogenated alkanes) is 1. The van der Waals surface area contributed by atoms with E-state index in [1.807, 2.05) is 33.4 Å². The van der Waals surface area contributed by atoms with E-state index in [1.54, 1.807) is 6.20 Å². The zero-order chi connectivity index (χ0) is 23.4. The number of rotatable bonds is 9. The fraction of sp³-hybridized carbons (Fsp3) is 0.400. The standard InChI is InChI=1S/C25H31N7O/c1-5-7-10-22-18(4)32(17(3)6-2)25(33)31(22)16-19-11-13-20(14-12-19)23-21(9-8-15-26-23)24-27-29-30-28-24/h8-9,11-15,17H,5-7,10,16H2,1-4H3,(H,27,28,29,30). The van der Waals surface area contributed by atoms with Crippen LogP contribution < -0.4 is 5.69 Å². The fourth-order valence-corrected chi connectivity index (χ4v) is 4.30. The summed E-state index contributed by atoms with van der Waals surface area (Å²) in [7, 11) is 0. The molecule has 0 aliphatic carbocycles. The number of hydrogen-bond acceptors (Lipinski definition) is 5. The molecule has 0 saturated heterocycles. The lowest BCUT2D eigenvalue weighted by Crippen LogP contribution is -2.27. The van der Waals surface area contributed by atoms with Crippen molar-refractivity contribution < 1.29 is 0 Å². The summed E-state index contributed by atoms with van der Waals surface area (Å²) < 4.78 is 3.92. The number of aromatic amines is 1. The molecule has 0 aliphatic heterocycles. The Kier molecular flexibility index (Phi) is 6.82. The highest BCUT2D eigenvalue weighted by molar-refractivity contribution is 5.76. The van der Waals surface area contributed by atoms with E-state index in [1.165, 1.54) is 0 Å². The molecule has 3 aromatic heterocycles. The molecule has 0 spiro atoms. The quantitative estimate of drug-likeness (QED) is 0.407. The van der Waals surface area contributed by atoms with Crippen molar-refractivity contribution in [1.29, 1.82) is 0 Å². The summed E-state index contributed by atoms with van der Waals surface area (Å²) in [6.45, 7) is 9.07. The van der Waals surface area contributed by atoms with Crippen molar-refractivity contribution in [2.45, 2.75) is 66.0 Å². The molecule has 4 aromatic rings. The van der Waals surface area contributed by atoms with Gasteiger partial charge in [-0.25, -0.2) is 9.89 Å². The highest BCUT2D eigenvalue weighted by atomic mass is 16.1. The maximum atomic E-state index is 13.3. The highest BCUT2D eigenvalue weighted by Gasteiger charge is 2.19. The molecule has 0 amide bonds. The van der Waals surface area contributed by atoms with Gasteiger partial charge in [-0.05, 0) is 61.2 Å². The van der Waals surface area contributed by atoms with E-state index in [2.05, 4.69) is 65.4 Å². The van der Waals surface area contributed by atoms with E-state index in [0.717, 1.165) is 59.5 Å². The van der Waals surface area contributed by atoms with Gasteiger partial charge in [0.05, 0.1) is 12.2 Å². The van der Waals surface area contributed by atoms with Crippen LogP contribution in [0.3, 0.4) is 0 Å². The Morgan fingerprint density at radius 3 is 2.58 bits per heavy atom. The van der Waals surface area contributed by atoms with E-state index in [4.69, 9.17) is 0 Å². The zero-order valence-electron chi connectivity index (χ0n) is 19.7. The van der Waals surface area contributed by atoms with Crippen LogP contribution in [-0.2, 0) is 13.0 Å². The van der Waals surface area contributed by atoms with Crippen molar-refractivity contribution in [3.63, 3.8) is 0 Å². The van der Waals surface area contributed by atoms with Crippen molar-refractivity contribution in [3.8, 4) is 22.6 Å². The SMILES string of the molecule is CCCCc1c(C)n(C(C)CC)c(=O)n1Cc1ccc(-c2ncccc2-c2nnn[nH]2)cc1. The molecule has 4 rings (SSSR count). The van der Waals surface area contributed by atoms with Crippen LogP contribution >= 0.6 is 0 Å². The molecule has 0 bridgehead atoms. The molecule has 1 N–H and O–H groups in total. The number of nitrogens with one attached hydrogen (secondary N) is 1. The second-order valence-corrected chi connectivity index (χ2v) is 8.48. The molecule has 0 aliphatic rings. The van der Waals surface area contributed by atoms with Crippen LogP contribution in [0, 0.1) is 6.92 Å². The second kappa shape index (κ2) is 9.94. The van der Waals surface area contributed by atoms with Crippen molar-refractivity contribution in [1.82, 2.24) is 34.7 Å². The number of imidazole rings is 1. The molecule has 1 atom stereocenters. The van der Waals surface area contributed by atoms with E-state index in [-0.39, 0.29) is 11.7 Å². The Morgan fingerprint density at radius 2 is 1.91 bits per heavy atom. The van der Waals surface area contributed by atoms with E-state index < -0.39 is 0 Å². The van der Waals surface area contributed by atoms with Gasteiger partial charge in [-0.2, -0.15) is 0 Å². The Balaban J connectivity index is 1.67. The first-order valence-corrected chi connectivity index (χ1v) is 11.6. The number of nitrogens with zero attached hydrogens (tertiary/aromatic N) is 6. The normalized spacial score (nSPS) is 12.2. The topological polar surface area (TPSA) is 94.3 Å². The highest BCUT2D eigenvalue weighted by Crippen LogP contribution is 2.28. The fourth-order valence-electron chi connectivity index (χ4n) is 4.30. The lowest BCUT2D eigenvalue weighted by molar-refractivity contribution is 0.496. The number of aromatic nitrogens is 7. The maximum absolute atomic E-state index is 13.3. The molecule has 3 heterocycles. The monoisotopic (exact) mass is 445 g/mol. The van der Waals surface area contributed by atoms with Gasteiger partial charge in [0.1, 0.15) is 0 Å². The molecular weight excluding hydrogens is 414 g/mol. The van der Waals surface area contributed by atoms with Crippen molar-refractivity contribution >= 4 is 0 Å². The number of benzene rings is 1. The van der Waals surface area contributed by atoms with Gasteiger partial charge >= 0.3 is 5.69 Å². The summed E-state index contributed by atoms with van der Waals surface area (Å²) in [5, 5.41) is 14.2. The van der Waals surface area contributed by atoms with Crippen LogP contribution in [0.5, 0.6) is 0 Å². The Hall–Kier alpha value is -3.55. The molecule has 8 nitrogen and oxygen atoms in total. The minimum absolute atomic E-state index is 0.0851. The number of pyridine rings is 1. The smallest absolute Gasteiger partial charge is 0.294 e. The Bertz CT molecular complexity index is 1250. The second-order valence-electron chi connectivity index (χ2n) is 8.48. The molecule has 1 unspecified atom stereocenters. The molecule has 172 valence electrons. The zero-order valence-corrected chi connectivity index (χ0v) is 19.7. The predicted molar refractivity (Wildman–Crippen MR) is 129 cm³/mol. The van der Waals surface area contributed by atoms with E-state index in [0.29, 0.717) is 12.4 Å². The predicted octanol–water partition coefficient (Wildman–Crippen LogP) is 4.56. The molecule has 0 radical (unpaired) electrons. The first kappa shape index (κ1) is 22.6. The number of H-pyrrole nitrogens is 1. The third kappa shape index (κ3) is 4.51. The van der Waals surface area contributed by atoms with Gasteiger partial charge in [-0.1, -0.05) is 44.5 Å². The summed E-state index contributed by atoms with van der Waals surface area (Å²) in [6.07, 6.45) is 5.78. The van der Waals surface area contributed by atoms with Gasteiger partial charge in [0, 0.05) is 34.8 Å². The molecule has 0 saturated carbocycles. The van der Waals surface area contributed by atoms with Crippen LogP contribution in [0.25, 0.3) is 22.6 Å². The summed E-state index contributed by atoms with van der Waals surface area (Å²) >= 11 is 0. The maximum Gasteiger partial charge on any atom is 0.329 e. The first-order valence-electron chi connectivity index (χ1n) is 11.6. The Labute approximate surface area is 193 Å². The van der Waals surface area contributed by atoms with Crippen LogP contribution in [0.2, 0.25) is 0 Å². The summed E-state index contributed by atoms with van der Waals surface area (Å²) in [6, 6.07) is 12.2. The average Bonchev–Trinajstić information content (AvgIpc) is 3.45. The molecule has 0 fully saturated rings.